The van der Waals surface area contributed by atoms with Crippen LogP contribution < -0.4 is 0 Å². The van der Waals surface area contributed by atoms with Crippen LogP contribution in [0, 0.1) is 11.8 Å². The highest BCUT2D eigenvalue weighted by Crippen LogP contribution is 2.40. The van der Waals surface area contributed by atoms with Crippen molar-refractivity contribution in [3.05, 3.63) is 49.0 Å². The molecule has 32 heavy (non-hydrogen) atoms. The predicted molar refractivity (Wildman–Crippen MR) is 114 cm³/mol. The minimum Gasteiger partial charge on any atom is -0.473 e. The zero-order chi connectivity index (χ0) is 22.5. The highest BCUT2D eigenvalue weighted by molar-refractivity contribution is 5.91. The van der Waals surface area contributed by atoms with Crippen molar-refractivity contribution in [1.82, 2.24) is 0 Å². The van der Waals surface area contributed by atoms with Gasteiger partial charge >= 0.3 is 23.9 Å². The lowest BCUT2D eigenvalue weighted by Crippen LogP contribution is -2.37. The first-order valence-electron chi connectivity index (χ1n) is 8.70. The van der Waals surface area contributed by atoms with E-state index in [1.165, 1.54) is 28.4 Å². The van der Waals surface area contributed by atoms with Gasteiger partial charge in [-0.1, -0.05) is 27.0 Å². The summed E-state index contributed by atoms with van der Waals surface area (Å²) in [5.41, 5.74) is 0. The van der Waals surface area contributed by atoms with Gasteiger partial charge in [-0.15, -0.1) is 0 Å². The molecule has 2 aliphatic rings. The van der Waals surface area contributed by atoms with Gasteiger partial charge in [-0.2, -0.15) is 0 Å². The third-order valence-corrected chi connectivity index (χ3v) is 4.03. The first-order valence-corrected chi connectivity index (χ1v) is 8.70. The highest BCUT2D eigenvalue weighted by atomic mass is 16.6. The van der Waals surface area contributed by atoms with Crippen LogP contribution in [0.15, 0.2) is 53.4 Å². The van der Waals surface area contributed by atoms with Crippen molar-refractivity contribution < 1.29 is 47.3 Å². The zero-order valence-electron chi connectivity index (χ0n) is 17.0. The molecular weight excluding hydrogens is 424 g/mol. The molecule has 4 atom stereocenters. The number of ether oxygens (including phenoxy) is 5. The molecule has 180 valence electrons. The summed E-state index contributed by atoms with van der Waals surface area (Å²) in [7, 11) is 5.05. The number of esters is 4. The zero-order valence-corrected chi connectivity index (χ0v) is 17.0. The molecule has 1 fully saturated rings. The summed E-state index contributed by atoms with van der Waals surface area (Å²) in [6.45, 7) is 0. The first-order chi connectivity index (χ1) is 14.4. The number of fused-ring (bicyclic) bond motifs is 2. The molecule has 0 radical (unpaired) electrons. The number of furan rings is 1. The van der Waals surface area contributed by atoms with E-state index < -0.39 is 35.7 Å². The van der Waals surface area contributed by atoms with Crippen LogP contribution in [0.2, 0.25) is 0 Å². The average molecular weight is 456 g/mol. The van der Waals surface area contributed by atoms with Crippen molar-refractivity contribution in [3.8, 4) is 0 Å². The van der Waals surface area contributed by atoms with Gasteiger partial charge in [0.1, 0.15) is 11.8 Å². The number of methoxy groups -OCH3 is 4. The Balaban J connectivity index is 0. The number of hydrogen-bond donors (Lipinski definition) is 0. The van der Waals surface area contributed by atoms with Gasteiger partial charge in [0.15, 0.2) is 0 Å². The number of rotatable bonds is 4. The van der Waals surface area contributed by atoms with E-state index in [1.54, 1.807) is 24.7 Å². The molecule has 2 aliphatic heterocycles. The second-order valence-electron chi connectivity index (χ2n) is 5.72. The number of hydrogen-bond acceptors (Lipinski definition) is 10. The summed E-state index contributed by atoms with van der Waals surface area (Å²) in [6.07, 6.45) is 8.09. The molecule has 0 amide bonds. The van der Waals surface area contributed by atoms with Crippen molar-refractivity contribution in [2.24, 2.45) is 11.8 Å². The Morgan fingerprint density at radius 3 is 1.31 bits per heavy atom. The van der Waals surface area contributed by atoms with Crippen molar-refractivity contribution in [1.29, 1.82) is 0 Å². The van der Waals surface area contributed by atoms with Gasteiger partial charge in [0, 0.05) is 12.2 Å². The maximum atomic E-state index is 11.5. The summed E-state index contributed by atoms with van der Waals surface area (Å²) in [4.78, 5) is 43.6. The predicted octanol–water partition coefficient (Wildman–Crippen LogP) is 2.34. The molecule has 10 nitrogen and oxygen atoms in total. The summed E-state index contributed by atoms with van der Waals surface area (Å²) < 4.78 is 27.7. The minimum absolute atomic E-state index is 0. The first kappa shape index (κ1) is 30.8. The summed E-state index contributed by atoms with van der Waals surface area (Å²) in [5, 5.41) is 0. The fourth-order valence-corrected chi connectivity index (χ4v) is 2.64. The Labute approximate surface area is 188 Å². The molecule has 1 aromatic rings. The molecule has 2 bridgehead atoms. The Hall–Kier alpha value is -3.40. The molecule has 0 aromatic carbocycles. The van der Waals surface area contributed by atoms with E-state index in [0.29, 0.717) is 0 Å². The molecule has 0 spiro atoms. The maximum Gasteiger partial charge on any atom is 0.330 e. The van der Waals surface area contributed by atoms with Gasteiger partial charge in [-0.3, -0.25) is 9.59 Å². The minimum atomic E-state index is -0.578. The van der Waals surface area contributed by atoms with E-state index in [2.05, 4.69) is 23.4 Å². The van der Waals surface area contributed by atoms with Crippen molar-refractivity contribution in [2.75, 3.05) is 28.4 Å². The van der Waals surface area contributed by atoms with Crippen LogP contribution in [0.25, 0.3) is 0 Å². The lowest BCUT2D eigenvalue weighted by atomic mass is 9.83. The molecule has 0 aliphatic carbocycles. The van der Waals surface area contributed by atoms with Crippen LogP contribution in [0.5, 0.6) is 0 Å². The second kappa shape index (κ2) is 16.3. The lowest BCUT2D eigenvalue weighted by Gasteiger charge is -2.20. The lowest BCUT2D eigenvalue weighted by molar-refractivity contribution is -0.156. The van der Waals surface area contributed by atoms with Crippen LogP contribution >= 0.6 is 0 Å². The molecule has 3 heterocycles. The summed E-state index contributed by atoms with van der Waals surface area (Å²) >= 11 is 0. The normalized spacial score (nSPS) is 21.4. The molecular formula is C22H32O10. The number of carbonyl (C=O) groups excluding carboxylic acids is 4. The SMILES string of the molecule is C.C.COC(=O)/C=C\C(=O)OC.COC(=O)C1C2C=CC(O2)C1C(=O)OC.c1ccoc1. The molecule has 0 N–H and O–H groups in total. The molecule has 0 saturated carbocycles. The fraction of sp³-hybridized carbons (Fsp3) is 0.455. The third kappa shape index (κ3) is 9.17. The summed E-state index contributed by atoms with van der Waals surface area (Å²) in [6, 6.07) is 3.67. The third-order valence-electron chi connectivity index (χ3n) is 4.03. The van der Waals surface area contributed by atoms with Crippen LogP contribution in [-0.2, 0) is 42.9 Å². The molecule has 10 heteroatoms. The van der Waals surface area contributed by atoms with E-state index in [1.807, 2.05) is 12.1 Å². The Kier molecular flexibility index (Phi) is 15.7. The van der Waals surface area contributed by atoms with Gasteiger partial charge in [-0.05, 0) is 12.1 Å². The largest absolute Gasteiger partial charge is 0.473 e. The van der Waals surface area contributed by atoms with E-state index in [-0.39, 0.29) is 27.1 Å². The van der Waals surface area contributed by atoms with E-state index >= 15 is 0 Å². The monoisotopic (exact) mass is 456 g/mol. The topological polar surface area (TPSA) is 128 Å². The van der Waals surface area contributed by atoms with E-state index in [4.69, 9.17) is 4.74 Å². The Bertz CT molecular complexity index is 686. The molecule has 1 aromatic heterocycles. The smallest absolute Gasteiger partial charge is 0.330 e. The standard InChI is InChI=1S/C10H12O5.C6H8O4.C4H4O.2CH4/c1-13-9(11)7-5-3-4-6(15-5)8(7)10(12)14-2;1-9-5(7)3-4-6(8)10-2;1-2-4-5-3-1;;/h3-8H,1-2H3;3-4H,1-2H3;1-4H;2*1H4/b;4-3-;;;. The van der Waals surface area contributed by atoms with Gasteiger partial charge in [0.25, 0.3) is 0 Å². The van der Waals surface area contributed by atoms with Gasteiger partial charge in [-0.25, -0.2) is 9.59 Å². The van der Waals surface area contributed by atoms with Crippen molar-refractivity contribution in [2.45, 2.75) is 27.1 Å². The molecule has 1 saturated heterocycles. The van der Waals surface area contributed by atoms with Crippen molar-refractivity contribution >= 4 is 23.9 Å². The van der Waals surface area contributed by atoms with E-state index in [9.17, 15) is 19.2 Å². The molecule has 4 unspecified atom stereocenters. The van der Waals surface area contributed by atoms with Crippen molar-refractivity contribution in [3.63, 3.8) is 0 Å². The number of carbonyl (C=O) groups is 4. The van der Waals surface area contributed by atoms with Gasteiger partial charge in [0.05, 0.1) is 53.2 Å². The second-order valence-corrected chi connectivity index (χ2v) is 5.72. The highest BCUT2D eigenvalue weighted by Gasteiger charge is 2.54. The maximum absolute atomic E-state index is 11.5. The Morgan fingerprint density at radius 2 is 1.06 bits per heavy atom. The summed E-state index contributed by atoms with van der Waals surface area (Å²) in [5.74, 6) is -3.16. The quantitative estimate of drug-likeness (QED) is 0.288. The van der Waals surface area contributed by atoms with Gasteiger partial charge in [0.2, 0.25) is 0 Å². The van der Waals surface area contributed by atoms with Gasteiger partial charge < -0.3 is 28.1 Å². The molecule has 3 rings (SSSR count). The fourth-order valence-electron chi connectivity index (χ4n) is 2.64. The van der Waals surface area contributed by atoms with Crippen LogP contribution in [0.3, 0.4) is 0 Å². The average Bonchev–Trinajstić information content (AvgIpc) is 3.55. The Morgan fingerprint density at radius 1 is 0.688 bits per heavy atom. The van der Waals surface area contributed by atoms with Crippen LogP contribution in [0.1, 0.15) is 14.9 Å². The van der Waals surface area contributed by atoms with Crippen LogP contribution in [0.4, 0.5) is 0 Å². The van der Waals surface area contributed by atoms with Crippen LogP contribution in [-0.4, -0.2) is 64.5 Å². The van der Waals surface area contributed by atoms with E-state index in [0.717, 1.165) is 12.2 Å².